The van der Waals surface area contributed by atoms with Gasteiger partial charge in [-0.1, -0.05) is 0 Å². The number of phenolic OH excluding ortho intramolecular Hbond substituents is 2. The topological polar surface area (TPSA) is 121 Å². The maximum absolute atomic E-state index is 12.7. The van der Waals surface area contributed by atoms with Crippen LogP contribution in [0.1, 0.15) is 40.5 Å². The molecule has 7 heteroatoms. The van der Waals surface area contributed by atoms with Crippen molar-refractivity contribution < 1.29 is 34.4 Å². The summed E-state index contributed by atoms with van der Waals surface area (Å²) in [6.07, 6.45) is -1.81. The molecule has 0 saturated carbocycles. The molecule has 1 aromatic carbocycles. The standard InChI is InChI=1S/C16H14O7/c1-6-12-8(4-7(23-6)5-11(19)20)15(21)13-9(17)2-3-10(18)14(13)16(12)22/h2-3,6-7,17-18H,4-5H2,1H3,(H,19,20)/t6-,7+/m1/s1. The number of fused-ring (bicyclic) bond motifs is 1. The van der Waals surface area contributed by atoms with Gasteiger partial charge >= 0.3 is 5.97 Å². The molecule has 0 saturated heterocycles. The number of carbonyl (C=O) groups is 3. The van der Waals surface area contributed by atoms with Crippen molar-refractivity contribution in [3.63, 3.8) is 0 Å². The van der Waals surface area contributed by atoms with Crippen LogP contribution in [-0.4, -0.2) is 45.1 Å². The molecule has 1 aliphatic heterocycles. The Morgan fingerprint density at radius 1 is 1.17 bits per heavy atom. The zero-order valence-corrected chi connectivity index (χ0v) is 12.2. The van der Waals surface area contributed by atoms with Crippen LogP contribution in [0.4, 0.5) is 0 Å². The number of phenols is 2. The van der Waals surface area contributed by atoms with E-state index in [1.54, 1.807) is 6.92 Å². The second-order valence-electron chi connectivity index (χ2n) is 5.61. The molecule has 0 radical (unpaired) electrons. The predicted molar refractivity (Wildman–Crippen MR) is 76.7 cm³/mol. The van der Waals surface area contributed by atoms with E-state index in [4.69, 9.17) is 9.84 Å². The van der Waals surface area contributed by atoms with Crippen molar-refractivity contribution in [1.82, 2.24) is 0 Å². The molecule has 120 valence electrons. The lowest BCUT2D eigenvalue weighted by atomic mass is 9.77. The van der Waals surface area contributed by atoms with Gasteiger partial charge in [-0.2, -0.15) is 0 Å². The van der Waals surface area contributed by atoms with Crippen LogP contribution in [0.5, 0.6) is 11.5 Å². The summed E-state index contributed by atoms with van der Waals surface area (Å²) in [6.45, 7) is 1.55. The van der Waals surface area contributed by atoms with Crippen molar-refractivity contribution in [2.45, 2.75) is 32.0 Å². The maximum Gasteiger partial charge on any atom is 0.305 e. The van der Waals surface area contributed by atoms with E-state index in [9.17, 15) is 24.6 Å². The summed E-state index contributed by atoms with van der Waals surface area (Å²) in [5, 5.41) is 28.7. The van der Waals surface area contributed by atoms with E-state index in [0.29, 0.717) is 0 Å². The molecule has 3 N–H and O–H groups in total. The molecule has 0 amide bonds. The highest BCUT2D eigenvalue weighted by Crippen LogP contribution is 2.42. The fourth-order valence-corrected chi connectivity index (χ4v) is 3.17. The molecule has 1 heterocycles. The first-order valence-electron chi connectivity index (χ1n) is 7.05. The number of hydrogen-bond donors (Lipinski definition) is 3. The molecule has 2 aliphatic rings. The van der Waals surface area contributed by atoms with Gasteiger partial charge in [0.15, 0.2) is 11.6 Å². The molecule has 3 rings (SSSR count). The lowest BCUT2D eigenvalue weighted by Crippen LogP contribution is -2.38. The molecular weight excluding hydrogens is 304 g/mol. The monoisotopic (exact) mass is 318 g/mol. The quantitative estimate of drug-likeness (QED) is 0.705. The molecule has 0 unspecified atom stereocenters. The Morgan fingerprint density at radius 2 is 1.74 bits per heavy atom. The summed E-state index contributed by atoms with van der Waals surface area (Å²) in [5.74, 6) is -3.00. The summed E-state index contributed by atoms with van der Waals surface area (Å²) in [6, 6.07) is 2.29. The van der Waals surface area contributed by atoms with Crippen molar-refractivity contribution in [2.75, 3.05) is 0 Å². The fraction of sp³-hybridized carbons (Fsp3) is 0.312. The Balaban J connectivity index is 2.12. The van der Waals surface area contributed by atoms with Gasteiger partial charge < -0.3 is 20.1 Å². The smallest absolute Gasteiger partial charge is 0.305 e. The van der Waals surface area contributed by atoms with Crippen molar-refractivity contribution in [3.05, 3.63) is 34.4 Å². The van der Waals surface area contributed by atoms with Gasteiger partial charge in [0.25, 0.3) is 0 Å². The van der Waals surface area contributed by atoms with Crippen LogP contribution in [0.2, 0.25) is 0 Å². The molecule has 1 aromatic rings. The van der Waals surface area contributed by atoms with Crippen molar-refractivity contribution in [1.29, 1.82) is 0 Å². The zero-order chi connectivity index (χ0) is 16.9. The SMILES string of the molecule is C[C@H]1O[C@H](CC(=O)O)CC2=C1C(=O)c1c(O)ccc(O)c1C2=O. The Hall–Kier alpha value is -2.67. The summed E-state index contributed by atoms with van der Waals surface area (Å²) in [7, 11) is 0. The van der Waals surface area contributed by atoms with Gasteiger partial charge in [0.2, 0.25) is 0 Å². The van der Waals surface area contributed by atoms with E-state index in [-0.39, 0.29) is 40.9 Å². The predicted octanol–water partition coefficient (Wildman–Crippen LogP) is 1.43. The third kappa shape index (κ3) is 2.29. The molecule has 0 fully saturated rings. The van der Waals surface area contributed by atoms with Crippen LogP contribution >= 0.6 is 0 Å². The minimum Gasteiger partial charge on any atom is -0.507 e. The van der Waals surface area contributed by atoms with Gasteiger partial charge in [-0.25, -0.2) is 0 Å². The zero-order valence-electron chi connectivity index (χ0n) is 12.2. The lowest BCUT2D eigenvalue weighted by Gasteiger charge is -2.33. The van der Waals surface area contributed by atoms with Gasteiger partial charge in [-0.15, -0.1) is 0 Å². The Morgan fingerprint density at radius 3 is 2.30 bits per heavy atom. The molecule has 0 bridgehead atoms. The molecule has 7 nitrogen and oxygen atoms in total. The molecule has 2 atom stereocenters. The minimum absolute atomic E-state index is 0.0227. The van der Waals surface area contributed by atoms with E-state index in [0.717, 1.165) is 12.1 Å². The van der Waals surface area contributed by atoms with Crippen molar-refractivity contribution >= 4 is 17.5 Å². The second kappa shape index (κ2) is 5.20. The van der Waals surface area contributed by atoms with Crippen LogP contribution in [0, 0.1) is 0 Å². The van der Waals surface area contributed by atoms with Crippen LogP contribution in [-0.2, 0) is 9.53 Å². The largest absolute Gasteiger partial charge is 0.507 e. The summed E-state index contributed by atoms with van der Waals surface area (Å²) >= 11 is 0. The number of carboxylic acids is 1. The van der Waals surface area contributed by atoms with E-state index in [1.165, 1.54) is 0 Å². The first-order chi connectivity index (χ1) is 10.8. The summed E-state index contributed by atoms with van der Waals surface area (Å²) < 4.78 is 5.51. The summed E-state index contributed by atoms with van der Waals surface area (Å²) in [4.78, 5) is 36.1. The third-order valence-electron chi connectivity index (χ3n) is 4.10. The number of benzene rings is 1. The highest BCUT2D eigenvalue weighted by molar-refractivity contribution is 6.29. The second-order valence-corrected chi connectivity index (χ2v) is 5.61. The van der Waals surface area contributed by atoms with Crippen molar-refractivity contribution in [2.24, 2.45) is 0 Å². The van der Waals surface area contributed by atoms with Gasteiger partial charge in [-0.05, 0) is 19.1 Å². The number of carboxylic acid groups (broad SMARTS) is 1. The average Bonchev–Trinajstić information content (AvgIpc) is 2.45. The molecule has 0 spiro atoms. The number of hydrogen-bond acceptors (Lipinski definition) is 6. The molecular formula is C16H14O7. The summed E-state index contributed by atoms with van der Waals surface area (Å²) in [5.41, 5.74) is -0.212. The highest BCUT2D eigenvalue weighted by Gasteiger charge is 2.42. The highest BCUT2D eigenvalue weighted by atomic mass is 16.5. The van der Waals surface area contributed by atoms with Gasteiger partial charge in [0, 0.05) is 17.6 Å². The fourth-order valence-electron chi connectivity index (χ4n) is 3.17. The van der Waals surface area contributed by atoms with E-state index < -0.39 is 35.5 Å². The number of ether oxygens (including phenoxy) is 1. The molecule has 1 aliphatic carbocycles. The van der Waals surface area contributed by atoms with Crippen LogP contribution in [0.3, 0.4) is 0 Å². The number of aliphatic carboxylic acids is 1. The van der Waals surface area contributed by atoms with Crippen LogP contribution < -0.4 is 0 Å². The lowest BCUT2D eigenvalue weighted by molar-refractivity contribution is -0.141. The van der Waals surface area contributed by atoms with E-state index in [1.807, 2.05) is 0 Å². The molecule has 0 aromatic heterocycles. The van der Waals surface area contributed by atoms with Gasteiger partial charge in [0.1, 0.15) is 11.5 Å². The number of carbonyl (C=O) groups excluding carboxylic acids is 2. The molecule has 23 heavy (non-hydrogen) atoms. The first-order valence-corrected chi connectivity index (χ1v) is 7.05. The minimum atomic E-state index is -1.07. The number of ketones is 2. The first kappa shape index (κ1) is 15.2. The number of rotatable bonds is 2. The third-order valence-corrected chi connectivity index (χ3v) is 4.10. The maximum atomic E-state index is 12.7. The van der Waals surface area contributed by atoms with Gasteiger partial charge in [0.05, 0.1) is 29.8 Å². The number of Topliss-reactive ketones (excluding diaryl/α,β-unsaturated/α-hetero) is 2. The normalized spacial score (nSPS) is 23.5. The average molecular weight is 318 g/mol. The van der Waals surface area contributed by atoms with Crippen LogP contribution in [0.15, 0.2) is 23.3 Å². The Labute approximate surface area is 130 Å². The number of aromatic hydroxyl groups is 2. The van der Waals surface area contributed by atoms with Crippen molar-refractivity contribution in [3.8, 4) is 11.5 Å². The van der Waals surface area contributed by atoms with Gasteiger partial charge in [-0.3, -0.25) is 14.4 Å². The van der Waals surface area contributed by atoms with E-state index in [2.05, 4.69) is 0 Å². The van der Waals surface area contributed by atoms with Crippen LogP contribution in [0.25, 0.3) is 0 Å². The Kier molecular flexibility index (Phi) is 3.45. The van der Waals surface area contributed by atoms with E-state index >= 15 is 0 Å². The Bertz CT molecular complexity index is 775.